The molecule has 0 saturated heterocycles. The number of hydrogen-bond donors (Lipinski definition) is 2. The Morgan fingerprint density at radius 3 is 3.06 bits per heavy atom. The third-order valence-corrected chi connectivity index (χ3v) is 2.91. The van der Waals surface area contributed by atoms with Crippen LogP contribution in [0.4, 0.5) is 5.69 Å². The summed E-state index contributed by atoms with van der Waals surface area (Å²) in [4.78, 5) is 27.1. The lowest BCUT2D eigenvalue weighted by Gasteiger charge is -2.06. The second-order valence-electron chi connectivity index (χ2n) is 3.69. The monoisotopic (exact) mass is 264 g/mol. The van der Waals surface area contributed by atoms with Crippen molar-refractivity contribution in [2.75, 3.05) is 5.73 Å². The third kappa shape index (κ3) is 3.17. The van der Waals surface area contributed by atoms with E-state index in [-0.39, 0.29) is 18.0 Å². The van der Waals surface area contributed by atoms with Crippen LogP contribution in [0.3, 0.4) is 0 Å². The summed E-state index contributed by atoms with van der Waals surface area (Å²) in [6, 6.07) is 2.84. The summed E-state index contributed by atoms with van der Waals surface area (Å²) in [5, 5.41) is 4.54. The molecule has 0 aliphatic carbocycles. The van der Waals surface area contributed by atoms with Crippen LogP contribution in [0.2, 0.25) is 0 Å². The Hall–Kier alpha value is -2.15. The van der Waals surface area contributed by atoms with E-state index in [2.05, 4.69) is 10.3 Å². The van der Waals surface area contributed by atoms with Gasteiger partial charge < -0.3 is 15.6 Å². The Kier molecular flexibility index (Phi) is 3.73. The topological polar surface area (TPSA) is 90.0 Å². The number of hydrogen-bond acceptors (Lipinski definition) is 5. The van der Waals surface area contributed by atoms with Crippen LogP contribution < -0.4 is 16.6 Å². The van der Waals surface area contributed by atoms with Gasteiger partial charge in [0.1, 0.15) is 6.54 Å². The molecule has 0 aliphatic heterocycles. The first-order valence-corrected chi connectivity index (χ1v) is 6.19. The van der Waals surface area contributed by atoms with Crippen molar-refractivity contribution >= 4 is 22.9 Å². The largest absolute Gasteiger partial charge is 0.398 e. The first-order valence-electron chi connectivity index (χ1n) is 5.25. The second kappa shape index (κ2) is 5.46. The molecule has 0 aliphatic rings. The molecule has 2 aromatic heterocycles. The Labute approximate surface area is 107 Å². The van der Waals surface area contributed by atoms with Gasteiger partial charge in [0.15, 0.2) is 0 Å². The molecule has 0 spiro atoms. The van der Waals surface area contributed by atoms with Gasteiger partial charge in [0.25, 0.3) is 5.56 Å². The van der Waals surface area contributed by atoms with E-state index >= 15 is 0 Å². The van der Waals surface area contributed by atoms with Crippen LogP contribution in [-0.4, -0.2) is 15.5 Å². The zero-order valence-electron chi connectivity index (χ0n) is 9.50. The number of nitrogens with zero attached hydrogens (tertiary/aromatic N) is 2. The summed E-state index contributed by atoms with van der Waals surface area (Å²) in [6.45, 7) is 0.313. The highest BCUT2D eigenvalue weighted by Crippen LogP contribution is 2.00. The normalized spacial score (nSPS) is 10.2. The van der Waals surface area contributed by atoms with Gasteiger partial charge in [0.2, 0.25) is 5.91 Å². The van der Waals surface area contributed by atoms with Crippen molar-refractivity contribution in [3.8, 4) is 0 Å². The molecule has 0 bridgehead atoms. The number of nitrogens with one attached hydrogen (secondary N) is 1. The fraction of sp³-hybridized carbons (Fsp3) is 0.182. The van der Waals surface area contributed by atoms with E-state index in [4.69, 9.17) is 5.73 Å². The highest BCUT2D eigenvalue weighted by atomic mass is 32.1. The van der Waals surface area contributed by atoms with E-state index in [0.29, 0.717) is 12.2 Å². The second-order valence-corrected chi connectivity index (χ2v) is 4.40. The zero-order chi connectivity index (χ0) is 13.0. The molecule has 0 unspecified atom stereocenters. The van der Waals surface area contributed by atoms with Gasteiger partial charge in [-0.1, -0.05) is 0 Å². The van der Waals surface area contributed by atoms with Crippen molar-refractivity contribution in [1.82, 2.24) is 14.9 Å². The molecular formula is C11H12N4O2S. The average molecular weight is 264 g/mol. The first kappa shape index (κ1) is 12.3. The van der Waals surface area contributed by atoms with E-state index in [9.17, 15) is 9.59 Å². The minimum Gasteiger partial charge on any atom is -0.398 e. The molecule has 2 rings (SSSR count). The molecule has 0 atom stereocenters. The minimum absolute atomic E-state index is 0.0476. The predicted octanol–water partition coefficient (Wildman–Crippen LogP) is 0.203. The van der Waals surface area contributed by atoms with Crippen molar-refractivity contribution in [1.29, 1.82) is 0 Å². The number of nitrogens with two attached hydrogens (primary N) is 1. The van der Waals surface area contributed by atoms with Gasteiger partial charge in [0, 0.05) is 23.3 Å². The summed E-state index contributed by atoms with van der Waals surface area (Å²) in [5.41, 5.74) is 8.24. The summed E-state index contributed by atoms with van der Waals surface area (Å²) in [7, 11) is 0. The molecule has 94 valence electrons. The molecular weight excluding hydrogens is 252 g/mol. The maximum atomic E-state index is 11.6. The van der Waals surface area contributed by atoms with Crippen molar-refractivity contribution < 1.29 is 4.79 Å². The van der Waals surface area contributed by atoms with E-state index in [1.54, 1.807) is 5.51 Å². The quantitative estimate of drug-likeness (QED) is 0.825. The van der Waals surface area contributed by atoms with E-state index < -0.39 is 0 Å². The van der Waals surface area contributed by atoms with Gasteiger partial charge in [-0.2, -0.15) is 0 Å². The summed E-state index contributed by atoms with van der Waals surface area (Å²) < 4.78 is 1.27. The van der Waals surface area contributed by atoms with Gasteiger partial charge >= 0.3 is 0 Å². The highest BCUT2D eigenvalue weighted by Gasteiger charge is 2.05. The molecule has 3 N–H and O–H groups in total. The maximum Gasteiger partial charge on any atom is 0.251 e. The third-order valence-electron chi connectivity index (χ3n) is 2.27. The van der Waals surface area contributed by atoms with E-state index in [0.717, 1.165) is 5.69 Å². The minimum atomic E-state index is -0.256. The van der Waals surface area contributed by atoms with Crippen LogP contribution in [0.25, 0.3) is 0 Å². The van der Waals surface area contributed by atoms with E-state index in [1.165, 1.54) is 34.2 Å². The van der Waals surface area contributed by atoms with Crippen LogP contribution in [0.15, 0.2) is 34.0 Å². The summed E-state index contributed by atoms with van der Waals surface area (Å²) in [6.07, 6.45) is 1.45. The van der Waals surface area contributed by atoms with Crippen molar-refractivity contribution in [3.63, 3.8) is 0 Å². The fourth-order valence-electron chi connectivity index (χ4n) is 1.40. The zero-order valence-corrected chi connectivity index (χ0v) is 10.3. The number of carbonyl (C=O) groups is 1. The first-order chi connectivity index (χ1) is 8.65. The van der Waals surface area contributed by atoms with Gasteiger partial charge in [-0.15, -0.1) is 11.3 Å². The smallest absolute Gasteiger partial charge is 0.251 e. The van der Waals surface area contributed by atoms with Gasteiger partial charge in [-0.05, 0) is 6.07 Å². The molecule has 1 amide bonds. The highest BCUT2D eigenvalue weighted by molar-refractivity contribution is 7.07. The number of anilines is 1. The average Bonchev–Trinajstić information content (AvgIpc) is 2.84. The standard InChI is InChI=1S/C11H12N4O2S/c12-8-1-2-11(17)15(4-8)5-10(16)13-3-9-6-18-7-14-9/h1-2,4,6-7H,3,5,12H2,(H,13,16). The van der Waals surface area contributed by atoms with Crippen LogP contribution in [-0.2, 0) is 17.9 Å². The number of thiazole rings is 1. The summed E-state index contributed by atoms with van der Waals surface area (Å²) >= 11 is 1.47. The Morgan fingerprint density at radius 1 is 1.50 bits per heavy atom. The number of pyridine rings is 1. The van der Waals surface area contributed by atoms with Crippen molar-refractivity contribution in [3.05, 3.63) is 45.3 Å². The van der Waals surface area contributed by atoms with Crippen LogP contribution in [0, 0.1) is 0 Å². The lowest BCUT2D eigenvalue weighted by molar-refractivity contribution is -0.121. The number of amides is 1. The fourth-order valence-corrected chi connectivity index (χ4v) is 1.96. The Bertz CT molecular complexity index is 591. The van der Waals surface area contributed by atoms with Crippen LogP contribution in [0.1, 0.15) is 5.69 Å². The molecule has 0 fully saturated rings. The molecule has 2 aromatic rings. The number of rotatable bonds is 4. The molecule has 0 aromatic carbocycles. The number of carbonyl (C=O) groups excluding carboxylic acids is 1. The molecule has 0 saturated carbocycles. The molecule has 2 heterocycles. The predicted molar refractivity (Wildman–Crippen MR) is 69.1 cm³/mol. The lowest BCUT2D eigenvalue weighted by Crippen LogP contribution is -2.31. The van der Waals surface area contributed by atoms with Crippen molar-refractivity contribution in [2.45, 2.75) is 13.1 Å². The lowest BCUT2D eigenvalue weighted by atomic mass is 10.4. The number of nitrogen functional groups attached to an aromatic ring is 1. The molecule has 0 radical (unpaired) electrons. The maximum absolute atomic E-state index is 11.6. The molecule has 7 heteroatoms. The van der Waals surface area contributed by atoms with Gasteiger partial charge in [-0.25, -0.2) is 4.98 Å². The van der Waals surface area contributed by atoms with Gasteiger partial charge in [0.05, 0.1) is 17.7 Å². The summed E-state index contributed by atoms with van der Waals surface area (Å²) in [5.74, 6) is -0.254. The Morgan fingerprint density at radius 2 is 2.33 bits per heavy atom. The van der Waals surface area contributed by atoms with Crippen LogP contribution >= 0.6 is 11.3 Å². The SMILES string of the molecule is Nc1ccc(=O)n(CC(=O)NCc2cscn2)c1. The Balaban J connectivity index is 1.95. The number of aromatic nitrogens is 2. The van der Waals surface area contributed by atoms with Gasteiger partial charge in [-0.3, -0.25) is 9.59 Å². The van der Waals surface area contributed by atoms with Crippen molar-refractivity contribution in [2.24, 2.45) is 0 Å². The molecule has 6 nitrogen and oxygen atoms in total. The molecule has 18 heavy (non-hydrogen) atoms. The van der Waals surface area contributed by atoms with E-state index in [1.807, 2.05) is 5.38 Å². The van der Waals surface area contributed by atoms with Crippen LogP contribution in [0.5, 0.6) is 0 Å².